The molecule has 4 rings (SSSR count). The number of cyclic esters (lactones) is 1. The average Bonchev–Trinajstić information content (AvgIpc) is 3.28. The molecule has 2 aliphatic rings. The van der Waals surface area contributed by atoms with E-state index >= 15 is 0 Å². The van der Waals surface area contributed by atoms with Gasteiger partial charge in [-0.15, -0.1) is 11.3 Å². The van der Waals surface area contributed by atoms with Crippen molar-refractivity contribution in [3.05, 3.63) is 75.8 Å². The lowest BCUT2D eigenvalue weighted by Crippen LogP contribution is -2.22. The monoisotopic (exact) mass is 350 g/mol. The molecule has 1 aromatic carbocycles. The molecule has 25 heavy (non-hydrogen) atoms. The van der Waals surface area contributed by atoms with E-state index in [4.69, 9.17) is 4.74 Å². The number of esters is 1. The highest BCUT2D eigenvalue weighted by atomic mass is 32.1. The molecule has 0 fully saturated rings. The molecule has 0 atom stereocenters. The molecule has 0 spiro atoms. The van der Waals surface area contributed by atoms with E-state index in [0.717, 1.165) is 10.6 Å². The number of anilines is 1. The highest BCUT2D eigenvalue weighted by Gasteiger charge is 2.38. The van der Waals surface area contributed by atoms with Crippen molar-refractivity contribution in [2.45, 2.75) is 19.3 Å². The van der Waals surface area contributed by atoms with Gasteiger partial charge < -0.3 is 9.64 Å². The molecule has 0 saturated heterocycles. The third kappa shape index (κ3) is 2.51. The van der Waals surface area contributed by atoms with Crippen LogP contribution in [0.1, 0.15) is 24.3 Å². The van der Waals surface area contributed by atoms with Crippen molar-refractivity contribution in [1.82, 2.24) is 0 Å². The Morgan fingerprint density at radius 3 is 2.68 bits per heavy atom. The van der Waals surface area contributed by atoms with E-state index in [2.05, 4.69) is 41.9 Å². The molecule has 5 heteroatoms. The Bertz CT molecular complexity index is 936. The number of aliphatic imine (C=N–C) groups is 1. The minimum Gasteiger partial charge on any atom is -0.401 e. The van der Waals surface area contributed by atoms with Crippen LogP contribution in [0.5, 0.6) is 0 Å². The van der Waals surface area contributed by atoms with E-state index in [-0.39, 0.29) is 5.41 Å². The lowest BCUT2D eigenvalue weighted by Gasteiger charge is -2.23. The highest BCUT2D eigenvalue weighted by Crippen LogP contribution is 2.46. The number of rotatable bonds is 2. The predicted octanol–water partition coefficient (Wildman–Crippen LogP) is 4.25. The number of para-hydroxylation sites is 1. The van der Waals surface area contributed by atoms with E-state index in [9.17, 15) is 4.79 Å². The van der Waals surface area contributed by atoms with E-state index in [0.29, 0.717) is 11.6 Å². The van der Waals surface area contributed by atoms with Gasteiger partial charge in [0.2, 0.25) is 5.90 Å². The van der Waals surface area contributed by atoms with Crippen molar-refractivity contribution in [3.63, 3.8) is 0 Å². The number of thiophene rings is 1. The molecular formula is C20H18N2O2S. The summed E-state index contributed by atoms with van der Waals surface area (Å²) in [6.45, 7) is 4.37. The van der Waals surface area contributed by atoms with Crippen molar-refractivity contribution in [2.24, 2.45) is 4.99 Å². The average molecular weight is 350 g/mol. The van der Waals surface area contributed by atoms with Gasteiger partial charge in [0.1, 0.15) is 0 Å². The summed E-state index contributed by atoms with van der Waals surface area (Å²) in [7, 11) is 2.05. The number of hydrogen-bond donors (Lipinski definition) is 0. The second-order valence-corrected chi connectivity index (χ2v) is 7.54. The molecule has 3 heterocycles. The van der Waals surface area contributed by atoms with Crippen molar-refractivity contribution in [3.8, 4) is 0 Å². The maximum atomic E-state index is 12.1. The molecule has 2 aromatic rings. The first-order chi connectivity index (χ1) is 12.0. The van der Waals surface area contributed by atoms with Crippen LogP contribution in [-0.4, -0.2) is 18.9 Å². The van der Waals surface area contributed by atoms with Crippen LogP contribution in [0.4, 0.5) is 5.69 Å². The lowest BCUT2D eigenvalue weighted by atomic mass is 9.84. The van der Waals surface area contributed by atoms with Crippen LogP contribution in [-0.2, 0) is 14.9 Å². The third-order valence-electron chi connectivity index (χ3n) is 4.69. The van der Waals surface area contributed by atoms with Gasteiger partial charge >= 0.3 is 5.97 Å². The van der Waals surface area contributed by atoms with Crippen molar-refractivity contribution in [2.75, 3.05) is 11.9 Å². The highest BCUT2D eigenvalue weighted by molar-refractivity contribution is 7.12. The van der Waals surface area contributed by atoms with Crippen LogP contribution >= 0.6 is 11.3 Å². The lowest BCUT2D eigenvalue weighted by molar-refractivity contribution is -0.130. The van der Waals surface area contributed by atoms with E-state index in [1.54, 1.807) is 6.08 Å². The molecular weight excluding hydrogens is 332 g/mol. The fourth-order valence-corrected chi connectivity index (χ4v) is 4.04. The molecule has 0 unspecified atom stereocenters. The molecule has 126 valence electrons. The van der Waals surface area contributed by atoms with Crippen LogP contribution in [0.25, 0.3) is 0 Å². The number of ether oxygens (including phenoxy) is 1. The Morgan fingerprint density at radius 1 is 1.16 bits per heavy atom. The number of nitrogens with zero attached hydrogens (tertiary/aromatic N) is 2. The molecule has 0 radical (unpaired) electrons. The summed E-state index contributed by atoms with van der Waals surface area (Å²) in [6, 6.07) is 12.2. The van der Waals surface area contributed by atoms with Gasteiger partial charge in [-0.05, 0) is 35.2 Å². The first kappa shape index (κ1) is 15.8. The summed E-state index contributed by atoms with van der Waals surface area (Å²) >= 11 is 1.50. The number of fused-ring (bicyclic) bond motifs is 1. The van der Waals surface area contributed by atoms with Gasteiger partial charge in [0.05, 0.1) is 4.88 Å². The predicted molar refractivity (Wildman–Crippen MR) is 101 cm³/mol. The number of carbonyl (C=O) groups excluding carboxylic acids is 1. The van der Waals surface area contributed by atoms with Crippen LogP contribution in [0.3, 0.4) is 0 Å². The first-order valence-corrected chi connectivity index (χ1v) is 8.97. The Kier molecular flexibility index (Phi) is 3.62. The zero-order valence-electron chi connectivity index (χ0n) is 14.3. The smallest absolute Gasteiger partial charge is 0.363 e. The Labute approximate surface area is 150 Å². The van der Waals surface area contributed by atoms with Crippen LogP contribution < -0.4 is 4.90 Å². The number of carbonyl (C=O) groups is 1. The molecule has 0 aliphatic carbocycles. The van der Waals surface area contributed by atoms with E-state index in [1.807, 2.05) is 36.7 Å². The quantitative estimate of drug-likeness (QED) is 0.601. The summed E-state index contributed by atoms with van der Waals surface area (Å²) in [5.74, 6) is -0.0248. The summed E-state index contributed by atoms with van der Waals surface area (Å²) in [6.07, 6.45) is 3.72. The molecule has 0 saturated carbocycles. The van der Waals surface area contributed by atoms with E-state index < -0.39 is 5.97 Å². The van der Waals surface area contributed by atoms with Gasteiger partial charge in [0.25, 0.3) is 0 Å². The molecule has 4 nitrogen and oxygen atoms in total. The van der Waals surface area contributed by atoms with Gasteiger partial charge in [0.15, 0.2) is 5.70 Å². The minimum absolute atomic E-state index is 0.134. The van der Waals surface area contributed by atoms with Gasteiger partial charge in [0, 0.05) is 23.8 Å². The number of allylic oxidation sites excluding steroid dienone is 3. The summed E-state index contributed by atoms with van der Waals surface area (Å²) in [5.41, 5.74) is 3.78. The summed E-state index contributed by atoms with van der Waals surface area (Å²) in [5, 5.41) is 1.93. The Balaban J connectivity index is 1.70. The molecule has 0 amide bonds. The maximum Gasteiger partial charge on any atom is 0.363 e. The molecule has 1 aromatic heterocycles. The minimum atomic E-state index is -0.406. The van der Waals surface area contributed by atoms with Gasteiger partial charge in [-0.25, -0.2) is 9.79 Å². The normalized spacial score (nSPS) is 21.6. The fourth-order valence-electron chi connectivity index (χ4n) is 3.39. The van der Waals surface area contributed by atoms with E-state index in [1.165, 1.54) is 22.6 Å². The second kappa shape index (κ2) is 5.70. The third-order valence-corrected chi connectivity index (χ3v) is 5.55. The zero-order valence-corrected chi connectivity index (χ0v) is 15.1. The van der Waals surface area contributed by atoms with Crippen LogP contribution in [0.2, 0.25) is 0 Å². The standard InChI is InChI=1S/C20H18N2O2S/c1-20(2)13-7-4-5-8-15(13)22(3)17(20)11-10-14-19(23)24-18(21-14)16-9-6-12-25-16/h4-12H,1-3H3/b14-10+,17-11-. The number of likely N-dealkylation sites (N-methyl/N-ethyl adjacent to an activating group) is 1. The summed E-state index contributed by atoms with van der Waals surface area (Å²) < 4.78 is 5.28. The first-order valence-electron chi connectivity index (χ1n) is 8.09. The number of benzene rings is 1. The Hall–Kier alpha value is -2.66. The van der Waals surface area contributed by atoms with Crippen molar-refractivity contribution in [1.29, 1.82) is 0 Å². The van der Waals surface area contributed by atoms with Crippen LogP contribution in [0, 0.1) is 0 Å². The van der Waals surface area contributed by atoms with Crippen molar-refractivity contribution >= 4 is 28.9 Å². The molecule has 0 N–H and O–H groups in total. The largest absolute Gasteiger partial charge is 0.401 e. The fraction of sp³-hybridized carbons (Fsp3) is 0.200. The Morgan fingerprint density at radius 2 is 1.96 bits per heavy atom. The second-order valence-electron chi connectivity index (χ2n) is 6.59. The van der Waals surface area contributed by atoms with Gasteiger partial charge in [-0.3, -0.25) is 0 Å². The van der Waals surface area contributed by atoms with Crippen molar-refractivity contribution < 1.29 is 9.53 Å². The number of hydrogen-bond acceptors (Lipinski definition) is 5. The molecule has 0 bridgehead atoms. The SMILES string of the molecule is CN1/C(=C\C=C2\N=C(c3cccs3)OC2=O)C(C)(C)c2ccccc21. The molecule has 2 aliphatic heterocycles. The summed E-state index contributed by atoms with van der Waals surface area (Å²) in [4.78, 5) is 19.5. The van der Waals surface area contributed by atoms with Gasteiger partial charge in [-0.2, -0.15) is 0 Å². The van der Waals surface area contributed by atoms with Crippen LogP contribution in [0.15, 0.2) is 70.3 Å². The zero-order chi connectivity index (χ0) is 17.6. The maximum absolute atomic E-state index is 12.1. The van der Waals surface area contributed by atoms with Gasteiger partial charge in [-0.1, -0.05) is 38.1 Å². The topological polar surface area (TPSA) is 41.9 Å².